The molecular formula is C13H15NO4. The van der Waals surface area contributed by atoms with Gasteiger partial charge in [-0.1, -0.05) is 11.1 Å². The normalized spacial score (nSPS) is 29.7. The predicted molar refractivity (Wildman–Crippen MR) is 61.0 cm³/mol. The summed E-state index contributed by atoms with van der Waals surface area (Å²) in [5, 5.41) is 8.94. The van der Waals surface area contributed by atoms with Crippen LogP contribution in [0, 0.1) is 29.1 Å². The van der Waals surface area contributed by atoms with Crippen LogP contribution in [0.25, 0.3) is 0 Å². The molecule has 0 amide bonds. The van der Waals surface area contributed by atoms with Gasteiger partial charge in [0.25, 0.3) is 0 Å². The highest BCUT2D eigenvalue weighted by molar-refractivity contribution is 5.83. The first-order valence-corrected chi connectivity index (χ1v) is 5.88. The van der Waals surface area contributed by atoms with E-state index in [1.54, 1.807) is 0 Å². The van der Waals surface area contributed by atoms with Crippen LogP contribution in [-0.2, 0) is 19.1 Å². The second-order valence-electron chi connectivity index (χ2n) is 4.68. The molecule has 0 N–H and O–H groups in total. The van der Waals surface area contributed by atoms with Crippen LogP contribution in [-0.4, -0.2) is 26.2 Å². The first-order chi connectivity index (χ1) is 8.62. The maximum absolute atomic E-state index is 11.7. The lowest BCUT2D eigenvalue weighted by molar-refractivity contribution is -0.158. The average molecular weight is 249 g/mol. The number of esters is 2. The number of nitrogens with zero attached hydrogens (tertiary/aromatic N) is 1. The smallest absolute Gasteiger partial charge is 0.309 e. The number of allylic oxidation sites excluding steroid dienone is 2. The lowest BCUT2D eigenvalue weighted by Gasteiger charge is -2.39. The summed E-state index contributed by atoms with van der Waals surface area (Å²) < 4.78 is 9.48. The number of rotatable bonds is 2. The summed E-state index contributed by atoms with van der Waals surface area (Å²) in [6, 6.07) is 2.21. The molecule has 96 valence electrons. The quantitative estimate of drug-likeness (QED) is 0.543. The molecule has 18 heavy (non-hydrogen) atoms. The molecule has 0 spiro atoms. The number of hydrogen-bond donors (Lipinski definition) is 0. The number of carbonyl (C=O) groups excluding carboxylic acids is 2. The van der Waals surface area contributed by atoms with Gasteiger partial charge < -0.3 is 9.47 Å². The molecule has 5 heteroatoms. The average Bonchev–Trinajstić information content (AvgIpc) is 2.38. The highest BCUT2D eigenvalue weighted by Crippen LogP contribution is 2.48. The van der Waals surface area contributed by atoms with Crippen molar-refractivity contribution >= 4 is 11.9 Å². The molecule has 0 saturated heterocycles. The Morgan fingerprint density at radius 2 is 1.67 bits per heavy atom. The number of carbonyl (C=O) groups is 2. The van der Waals surface area contributed by atoms with Crippen molar-refractivity contribution in [1.29, 1.82) is 5.26 Å². The summed E-state index contributed by atoms with van der Waals surface area (Å²) >= 11 is 0. The van der Waals surface area contributed by atoms with E-state index in [0.29, 0.717) is 19.3 Å². The van der Waals surface area contributed by atoms with Crippen LogP contribution in [0.5, 0.6) is 0 Å². The van der Waals surface area contributed by atoms with Gasteiger partial charge >= 0.3 is 11.9 Å². The maximum atomic E-state index is 11.7. The van der Waals surface area contributed by atoms with Gasteiger partial charge in [0.15, 0.2) is 0 Å². The molecule has 0 fully saturated rings. The van der Waals surface area contributed by atoms with Crippen LogP contribution >= 0.6 is 0 Å². The SMILES string of the molecule is COC(=O)[C@H]1CC2=C(C[C@@H]1C(=O)OC)C(C#N)C2. The minimum absolute atomic E-state index is 0.0919. The molecule has 0 aliphatic heterocycles. The summed E-state index contributed by atoms with van der Waals surface area (Å²) in [5.41, 5.74) is 2.16. The van der Waals surface area contributed by atoms with Gasteiger partial charge in [0.05, 0.1) is 38.0 Å². The summed E-state index contributed by atoms with van der Waals surface area (Å²) in [7, 11) is 2.63. The molecule has 1 unspecified atom stereocenters. The van der Waals surface area contributed by atoms with Crippen molar-refractivity contribution in [1.82, 2.24) is 0 Å². The molecule has 0 saturated carbocycles. The first-order valence-electron chi connectivity index (χ1n) is 5.88. The number of hydrogen-bond acceptors (Lipinski definition) is 5. The van der Waals surface area contributed by atoms with E-state index in [2.05, 4.69) is 6.07 Å². The van der Waals surface area contributed by atoms with Crippen LogP contribution in [0.1, 0.15) is 19.3 Å². The van der Waals surface area contributed by atoms with E-state index in [9.17, 15) is 9.59 Å². The van der Waals surface area contributed by atoms with Crippen molar-refractivity contribution in [3.05, 3.63) is 11.1 Å². The van der Waals surface area contributed by atoms with E-state index in [1.807, 2.05) is 0 Å². The van der Waals surface area contributed by atoms with Gasteiger partial charge in [0, 0.05) is 0 Å². The Bertz CT molecular complexity index is 460. The molecule has 2 rings (SSSR count). The van der Waals surface area contributed by atoms with E-state index in [-0.39, 0.29) is 11.9 Å². The van der Waals surface area contributed by atoms with Crippen LogP contribution in [0.4, 0.5) is 0 Å². The van der Waals surface area contributed by atoms with E-state index < -0.39 is 17.8 Å². The fourth-order valence-electron chi connectivity index (χ4n) is 2.83. The van der Waals surface area contributed by atoms with Gasteiger partial charge in [-0.15, -0.1) is 0 Å². The fraction of sp³-hybridized carbons (Fsp3) is 0.615. The third-order valence-electron chi connectivity index (χ3n) is 3.88. The highest BCUT2D eigenvalue weighted by Gasteiger charge is 2.45. The summed E-state index contributed by atoms with van der Waals surface area (Å²) in [6.07, 6.45) is 1.67. The van der Waals surface area contributed by atoms with Crippen LogP contribution in [0.2, 0.25) is 0 Å². The van der Waals surface area contributed by atoms with E-state index >= 15 is 0 Å². The van der Waals surface area contributed by atoms with Crippen molar-refractivity contribution < 1.29 is 19.1 Å². The Labute approximate surface area is 105 Å². The van der Waals surface area contributed by atoms with Crippen LogP contribution < -0.4 is 0 Å². The first kappa shape index (κ1) is 12.6. The molecule has 0 aromatic heterocycles. The van der Waals surface area contributed by atoms with E-state index in [0.717, 1.165) is 11.1 Å². The second-order valence-corrected chi connectivity index (χ2v) is 4.68. The van der Waals surface area contributed by atoms with Crippen molar-refractivity contribution in [2.75, 3.05) is 14.2 Å². The Kier molecular flexibility index (Phi) is 3.37. The lowest BCUT2D eigenvalue weighted by atomic mass is 9.64. The minimum Gasteiger partial charge on any atom is -0.469 e. The van der Waals surface area contributed by atoms with Gasteiger partial charge in [-0.2, -0.15) is 5.26 Å². The van der Waals surface area contributed by atoms with Crippen molar-refractivity contribution in [3.63, 3.8) is 0 Å². The fourth-order valence-corrected chi connectivity index (χ4v) is 2.83. The molecule has 0 radical (unpaired) electrons. The van der Waals surface area contributed by atoms with Gasteiger partial charge in [-0.3, -0.25) is 9.59 Å². The number of ether oxygens (including phenoxy) is 2. The summed E-state index contributed by atoms with van der Waals surface area (Å²) in [5.74, 6) is -1.86. The van der Waals surface area contributed by atoms with E-state index in [4.69, 9.17) is 14.7 Å². The van der Waals surface area contributed by atoms with Crippen LogP contribution in [0.15, 0.2) is 11.1 Å². The third kappa shape index (κ3) is 1.88. The van der Waals surface area contributed by atoms with Gasteiger partial charge in [-0.05, 0) is 19.3 Å². The largest absolute Gasteiger partial charge is 0.469 e. The second kappa shape index (κ2) is 4.81. The zero-order valence-corrected chi connectivity index (χ0v) is 10.4. The minimum atomic E-state index is -0.516. The maximum Gasteiger partial charge on any atom is 0.309 e. The van der Waals surface area contributed by atoms with Crippen LogP contribution in [0.3, 0.4) is 0 Å². The molecule has 2 aliphatic carbocycles. The monoisotopic (exact) mass is 249 g/mol. The lowest BCUT2D eigenvalue weighted by Crippen LogP contribution is -2.39. The van der Waals surface area contributed by atoms with E-state index in [1.165, 1.54) is 14.2 Å². The van der Waals surface area contributed by atoms with Gasteiger partial charge in [0.1, 0.15) is 0 Å². The standard InChI is InChI=1S/C13H15NO4/c1-17-12(15)10-4-7-3-8(6-14)9(7)5-11(10)13(16)18-2/h8,10-11H,3-5H2,1-2H3/t8?,10-,11-/m0/s1. The van der Waals surface area contributed by atoms with Crippen molar-refractivity contribution in [2.24, 2.45) is 17.8 Å². The molecule has 0 bridgehead atoms. The van der Waals surface area contributed by atoms with Gasteiger partial charge in [0.2, 0.25) is 0 Å². The zero-order valence-electron chi connectivity index (χ0n) is 10.4. The Balaban J connectivity index is 2.24. The predicted octanol–water partition coefficient (Wildman–Crippen LogP) is 1.20. The molecular weight excluding hydrogens is 234 g/mol. The zero-order chi connectivity index (χ0) is 13.3. The van der Waals surface area contributed by atoms with Crippen molar-refractivity contribution in [3.8, 4) is 6.07 Å². The molecule has 2 aliphatic rings. The Hall–Kier alpha value is -1.83. The topological polar surface area (TPSA) is 76.4 Å². The number of nitriles is 1. The summed E-state index contributed by atoms with van der Waals surface area (Å²) in [6.45, 7) is 0. The summed E-state index contributed by atoms with van der Waals surface area (Å²) in [4.78, 5) is 23.4. The Morgan fingerprint density at radius 3 is 2.17 bits per heavy atom. The molecule has 0 aromatic rings. The van der Waals surface area contributed by atoms with Gasteiger partial charge in [-0.25, -0.2) is 0 Å². The molecule has 0 heterocycles. The molecule has 5 nitrogen and oxygen atoms in total. The third-order valence-corrected chi connectivity index (χ3v) is 3.88. The Morgan fingerprint density at radius 1 is 1.11 bits per heavy atom. The molecule has 3 atom stereocenters. The highest BCUT2D eigenvalue weighted by atomic mass is 16.5. The number of methoxy groups -OCH3 is 2. The molecule has 0 aromatic carbocycles. The van der Waals surface area contributed by atoms with Crippen molar-refractivity contribution in [2.45, 2.75) is 19.3 Å².